The Morgan fingerprint density at radius 1 is 1.56 bits per heavy atom. The molecule has 0 spiro atoms. The maximum Gasteiger partial charge on any atom is 0.144 e. The summed E-state index contributed by atoms with van der Waals surface area (Å²) in [5.74, 6) is -0.240. The number of aromatic nitrogens is 1. The number of nitrogens with zero attached hydrogens (tertiary/aromatic N) is 1. The van der Waals surface area contributed by atoms with E-state index in [4.69, 9.17) is 0 Å². The molecular formula is C6H5FIN. The zero-order valence-corrected chi connectivity index (χ0v) is 7.02. The molecule has 0 saturated carbocycles. The SMILES string of the molecule is Cc1nc(I)ccc1F. The van der Waals surface area contributed by atoms with Crippen LogP contribution in [0, 0.1) is 16.4 Å². The number of halogens is 2. The molecule has 3 heteroatoms. The van der Waals surface area contributed by atoms with Gasteiger partial charge < -0.3 is 0 Å². The van der Waals surface area contributed by atoms with E-state index in [0.29, 0.717) is 5.69 Å². The minimum atomic E-state index is -0.240. The van der Waals surface area contributed by atoms with Crippen LogP contribution in [0.25, 0.3) is 0 Å². The predicted molar refractivity (Wildman–Crippen MR) is 41.6 cm³/mol. The molecule has 1 nitrogen and oxygen atoms in total. The molecule has 9 heavy (non-hydrogen) atoms. The Kier molecular flexibility index (Phi) is 2.00. The lowest BCUT2D eigenvalue weighted by Gasteiger charge is -1.92. The molecule has 0 aromatic carbocycles. The van der Waals surface area contributed by atoms with Crippen LogP contribution < -0.4 is 0 Å². The molecule has 0 atom stereocenters. The summed E-state index contributed by atoms with van der Waals surface area (Å²) in [5, 5.41) is 0. The fraction of sp³-hybridized carbons (Fsp3) is 0.167. The molecule has 0 radical (unpaired) electrons. The smallest absolute Gasteiger partial charge is 0.144 e. The first-order chi connectivity index (χ1) is 4.20. The van der Waals surface area contributed by atoms with E-state index >= 15 is 0 Å². The first-order valence-corrected chi connectivity index (χ1v) is 3.56. The number of aryl methyl sites for hydroxylation is 1. The van der Waals surface area contributed by atoms with Gasteiger partial charge in [0.25, 0.3) is 0 Å². The second-order valence-electron chi connectivity index (χ2n) is 1.70. The highest BCUT2D eigenvalue weighted by molar-refractivity contribution is 14.1. The molecule has 1 aromatic heterocycles. The first kappa shape index (κ1) is 6.92. The largest absolute Gasteiger partial charge is 0.244 e. The molecule has 0 aliphatic rings. The van der Waals surface area contributed by atoms with Gasteiger partial charge in [-0.25, -0.2) is 9.37 Å². The third kappa shape index (κ3) is 1.61. The molecule has 1 heterocycles. The van der Waals surface area contributed by atoms with E-state index < -0.39 is 0 Å². The maximum atomic E-state index is 12.4. The quantitative estimate of drug-likeness (QED) is 0.497. The molecule has 0 saturated heterocycles. The Morgan fingerprint density at radius 2 is 2.22 bits per heavy atom. The van der Waals surface area contributed by atoms with Gasteiger partial charge in [0.15, 0.2) is 0 Å². The average Bonchev–Trinajstić information content (AvgIpc) is 1.80. The lowest BCUT2D eigenvalue weighted by molar-refractivity contribution is 0.608. The Labute approximate surface area is 66.4 Å². The van der Waals surface area contributed by atoms with Crippen LogP contribution in [0.4, 0.5) is 4.39 Å². The Bertz CT molecular complexity index is 224. The van der Waals surface area contributed by atoms with E-state index in [-0.39, 0.29) is 5.82 Å². The molecule has 0 N–H and O–H groups in total. The van der Waals surface area contributed by atoms with Crippen molar-refractivity contribution in [2.75, 3.05) is 0 Å². The van der Waals surface area contributed by atoms with Crippen molar-refractivity contribution in [1.29, 1.82) is 0 Å². The fourth-order valence-electron chi connectivity index (χ4n) is 0.513. The van der Waals surface area contributed by atoms with Crippen LogP contribution in [-0.2, 0) is 0 Å². The van der Waals surface area contributed by atoms with Crippen molar-refractivity contribution >= 4 is 22.6 Å². The third-order valence-corrected chi connectivity index (χ3v) is 1.59. The van der Waals surface area contributed by atoms with Crippen molar-refractivity contribution in [3.63, 3.8) is 0 Å². The van der Waals surface area contributed by atoms with Gasteiger partial charge in [-0.1, -0.05) is 0 Å². The van der Waals surface area contributed by atoms with E-state index in [1.807, 2.05) is 22.6 Å². The summed E-state index contributed by atoms with van der Waals surface area (Å²) in [6, 6.07) is 3.06. The van der Waals surface area contributed by atoms with Gasteiger partial charge in [-0.05, 0) is 41.6 Å². The van der Waals surface area contributed by atoms with Gasteiger partial charge in [0, 0.05) is 0 Å². The molecule has 48 valence electrons. The highest BCUT2D eigenvalue weighted by Gasteiger charge is 1.95. The van der Waals surface area contributed by atoms with Crippen LogP contribution >= 0.6 is 22.6 Å². The second kappa shape index (κ2) is 2.60. The molecule has 0 bridgehead atoms. The fourth-order valence-corrected chi connectivity index (χ4v) is 1.06. The lowest BCUT2D eigenvalue weighted by Crippen LogP contribution is -1.88. The van der Waals surface area contributed by atoms with E-state index in [1.165, 1.54) is 6.07 Å². The molecule has 1 rings (SSSR count). The van der Waals surface area contributed by atoms with Gasteiger partial charge in [-0.15, -0.1) is 0 Å². The van der Waals surface area contributed by atoms with Crippen molar-refractivity contribution in [2.45, 2.75) is 6.92 Å². The zero-order valence-electron chi connectivity index (χ0n) is 4.86. The summed E-state index contributed by atoms with van der Waals surface area (Å²) < 4.78 is 13.3. The van der Waals surface area contributed by atoms with Crippen molar-refractivity contribution in [3.8, 4) is 0 Å². The molecule has 1 aromatic rings. The molecule has 0 amide bonds. The highest BCUT2D eigenvalue weighted by atomic mass is 127. The zero-order chi connectivity index (χ0) is 6.85. The summed E-state index contributed by atoms with van der Waals surface area (Å²) in [4.78, 5) is 3.88. The van der Waals surface area contributed by atoms with Crippen molar-refractivity contribution in [1.82, 2.24) is 4.98 Å². The van der Waals surface area contributed by atoms with Crippen LogP contribution in [0.3, 0.4) is 0 Å². The van der Waals surface area contributed by atoms with Gasteiger partial charge in [0.1, 0.15) is 9.52 Å². The highest BCUT2D eigenvalue weighted by Crippen LogP contribution is 2.05. The van der Waals surface area contributed by atoms with Crippen LogP contribution in [0.1, 0.15) is 5.69 Å². The van der Waals surface area contributed by atoms with E-state index in [2.05, 4.69) is 4.98 Å². The van der Waals surface area contributed by atoms with Crippen LogP contribution in [-0.4, -0.2) is 4.98 Å². The van der Waals surface area contributed by atoms with Crippen molar-refractivity contribution in [2.24, 2.45) is 0 Å². The second-order valence-corrected chi connectivity index (χ2v) is 2.81. The molecule has 0 unspecified atom stereocenters. The summed E-state index contributed by atoms with van der Waals surface area (Å²) in [5.41, 5.74) is 0.460. The molecule has 0 aliphatic carbocycles. The third-order valence-electron chi connectivity index (χ3n) is 0.987. The summed E-state index contributed by atoms with van der Waals surface area (Å²) in [6.45, 7) is 1.65. The normalized spacial score (nSPS) is 9.67. The van der Waals surface area contributed by atoms with Gasteiger partial charge in [0.2, 0.25) is 0 Å². The van der Waals surface area contributed by atoms with E-state index in [9.17, 15) is 4.39 Å². The number of rotatable bonds is 0. The van der Waals surface area contributed by atoms with Crippen molar-refractivity contribution in [3.05, 3.63) is 27.3 Å². The monoisotopic (exact) mass is 237 g/mol. The molecule has 0 fully saturated rings. The topological polar surface area (TPSA) is 12.9 Å². The Hall–Kier alpha value is -0.190. The van der Waals surface area contributed by atoms with Gasteiger partial charge in [-0.3, -0.25) is 0 Å². The van der Waals surface area contributed by atoms with E-state index in [0.717, 1.165) is 3.70 Å². The summed E-state index contributed by atoms with van der Waals surface area (Å²) in [7, 11) is 0. The first-order valence-electron chi connectivity index (χ1n) is 2.49. The summed E-state index contributed by atoms with van der Waals surface area (Å²) >= 11 is 2.04. The minimum absolute atomic E-state index is 0.240. The molecule has 0 aliphatic heterocycles. The van der Waals surface area contributed by atoms with Gasteiger partial charge in [0.05, 0.1) is 5.69 Å². The van der Waals surface area contributed by atoms with Gasteiger partial charge >= 0.3 is 0 Å². The Balaban J connectivity index is 3.17. The van der Waals surface area contributed by atoms with Crippen LogP contribution in [0.2, 0.25) is 0 Å². The predicted octanol–water partition coefficient (Wildman–Crippen LogP) is 2.13. The average molecular weight is 237 g/mol. The lowest BCUT2D eigenvalue weighted by atomic mass is 10.4. The number of pyridine rings is 1. The minimum Gasteiger partial charge on any atom is -0.244 e. The van der Waals surface area contributed by atoms with Crippen LogP contribution in [0.15, 0.2) is 12.1 Å². The Morgan fingerprint density at radius 3 is 2.67 bits per heavy atom. The van der Waals surface area contributed by atoms with Crippen LogP contribution in [0.5, 0.6) is 0 Å². The summed E-state index contributed by atoms with van der Waals surface area (Å²) in [6.07, 6.45) is 0. The standard InChI is InChI=1S/C6H5FIN/c1-4-5(7)2-3-6(8)9-4/h2-3H,1H3. The van der Waals surface area contributed by atoms with Crippen molar-refractivity contribution < 1.29 is 4.39 Å². The number of hydrogen-bond acceptors (Lipinski definition) is 1. The molecular weight excluding hydrogens is 232 g/mol. The maximum absolute atomic E-state index is 12.4. The van der Waals surface area contributed by atoms with E-state index in [1.54, 1.807) is 13.0 Å². The van der Waals surface area contributed by atoms with Gasteiger partial charge in [-0.2, -0.15) is 0 Å². The number of hydrogen-bond donors (Lipinski definition) is 0.